The molecule has 2 aromatic carbocycles. The minimum Gasteiger partial charge on any atom is -0.457 e. The third-order valence-corrected chi connectivity index (χ3v) is 3.15. The van der Waals surface area contributed by atoms with Crippen molar-refractivity contribution in [3.8, 4) is 11.5 Å². The van der Waals surface area contributed by atoms with Crippen LogP contribution in [-0.2, 0) is 6.42 Å². The van der Waals surface area contributed by atoms with E-state index in [1.54, 1.807) is 12.1 Å². The third-order valence-electron chi connectivity index (χ3n) is 3.15. The number of amidine groups is 1. The molecular weight excluding hydrogens is 252 g/mol. The van der Waals surface area contributed by atoms with E-state index in [2.05, 4.69) is 12.1 Å². The third kappa shape index (κ3) is 3.09. The van der Waals surface area contributed by atoms with E-state index in [0.717, 1.165) is 23.5 Å². The van der Waals surface area contributed by atoms with E-state index in [9.17, 15) is 0 Å². The lowest BCUT2D eigenvalue weighted by Crippen LogP contribution is -2.14. The molecule has 3 N–H and O–H groups in total. The maximum atomic E-state index is 8.70. The van der Waals surface area contributed by atoms with Crippen LogP contribution in [-0.4, -0.2) is 11.0 Å². The van der Waals surface area contributed by atoms with Gasteiger partial charge in [0.2, 0.25) is 0 Å². The fourth-order valence-corrected chi connectivity index (χ4v) is 1.97. The van der Waals surface area contributed by atoms with Gasteiger partial charge in [0.05, 0.1) is 0 Å². The molecule has 0 aromatic heterocycles. The van der Waals surface area contributed by atoms with Crippen LogP contribution in [0.4, 0.5) is 0 Å². The number of nitrogens with zero attached hydrogens (tertiary/aromatic N) is 1. The Bertz CT molecular complexity index is 619. The van der Waals surface area contributed by atoms with Crippen molar-refractivity contribution < 1.29 is 9.94 Å². The zero-order chi connectivity index (χ0) is 14.5. The molecule has 0 radical (unpaired) electrons. The Balaban J connectivity index is 2.19. The predicted molar refractivity (Wildman–Crippen MR) is 79.6 cm³/mol. The van der Waals surface area contributed by atoms with Crippen molar-refractivity contribution in [1.29, 1.82) is 0 Å². The molecule has 0 atom stereocenters. The highest BCUT2D eigenvalue weighted by atomic mass is 16.5. The number of benzene rings is 2. The molecule has 104 valence electrons. The first-order chi connectivity index (χ1) is 9.63. The molecule has 0 aliphatic rings. The van der Waals surface area contributed by atoms with Crippen LogP contribution in [0.2, 0.25) is 0 Å². The first-order valence-corrected chi connectivity index (χ1v) is 6.49. The first-order valence-electron chi connectivity index (χ1n) is 6.49. The summed E-state index contributed by atoms with van der Waals surface area (Å²) in [6.07, 6.45) is 1.01. The molecule has 20 heavy (non-hydrogen) atoms. The normalized spacial score (nSPS) is 11.4. The largest absolute Gasteiger partial charge is 0.457 e. The summed E-state index contributed by atoms with van der Waals surface area (Å²) >= 11 is 0. The van der Waals surface area contributed by atoms with E-state index in [-0.39, 0.29) is 5.84 Å². The molecule has 0 spiro atoms. The van der Waals surface area contributed by atoms with Crippen LogP contribution in [0, 0.1) is 6.92 Å². The lowest BCUT2D eigenvalue weighted by Gasteiger charge is -2.09. The van der Waals surface area contributed by atoms with Crippen LogP contribution in [0.3, 0.4) is 0 Å². The molecule has 0 aliphatic carbocycles. The second-order valence-electron chi connectivity index (χ2n) is 4.56. The minimum absolute atomic E-state index is 0.0985. The van der Waals surface area contributed by atoms with Gasteiger partial charge in [-0.05, 0) is 54.8 Å². The van der Waals surface area contributed by atoms with Crippen molar-refractivity contribution in [3.63, 3.8) is 0 Å². The molecule has 0 amide bonds. The fourth-order valence-electron chi connectivity index (χ4n) is 1.97. The molecular formula is C16H18N2O2. The van der Waals surface area contributed by atoms with Crippen molar-refractivity contribution in [3.05, 3.63) is 59.2 Å². The Hall–Kier alpha value is -2.49. The van der Waals surface area contributed by atoms with Gasteiger partial charge in [0.15, 0.2) is 5.84 Å². The molecule has 0 unspecified atom stereocenters. The first kappa shape index (κ1) is 13.9. The SMILES string of the molecule is CCc1ccc(Oc2ccc(/C(N)=N/O)c(C)c2)cc1. The molecule has 0 saturated heterocycles. The van der Waals surface area contributed by atoms with Gasteiger partial charge in [-0.2, -0.15) is 0 Å². The van der Waals surface area contributed by atoms with Crippen LogP contribution in [0.1, 0.15) is 23.6 Å². The summed E-state index contributed by atoms with van der Waals surface area (Å²) < 4.78 is 5.78. The van der Waals surface area contributed by atoms with E-state index >= 15 is 0 Å². The topological polar surface area (TPSA) is 67.8 Å². The predicted octanol–water partition coefficient (Wildman–Crippen LogP) is 3.44. The highest BCUT2D eigenvalue weighted by Crippen LogP contribution is 2.24. The molecule has 4 nitrogen and oxygen atoms in total. The number of rotatable bonds is 4. The second-order valence-corrected chi connectivity index (χ2v) is 4.56. The van der Waals surface area contributed by atoms with Gasteiger partial charge >= 0.3 is 0 Å². The van der Waals surface area contributed by atoms with Gasteiger partial charge in [-0.25, -0.2) is 0 Å². The maximum absolute atomic E-state index is 8.70. The average molecular weight is 270 g/mol. The lowest BCUT2D eigenvalue weighted by atomic mass is 10.1. The fraction of sp³-hybridized carbons (Fsp3) is 0.188. The zero-order valence-electron chi connectivity index (χ0n) is 11.6. The van der Waals surface area contributed by atoms with E-state index in [0.29, 0.717) is 5.56 Å². The average Bonchev–Trinajstić information content (AvgIpc) is 2.47. The van der Waals surface area contributed by atoms with Gasteiger partial charge in [0.1, 0.15) is 11.5 Å². The second kappa shape index (κ2) is 6.10. The van der Waals surface area contributed by atoms with Gasteiger partial charge in [0, 0.05) is 5.56 Å². The van der Waals surface area contributed by atoms with Crippen molar-refractivity contribution in [2.24, 2.45) is 10.9 Å². The highest BCUT2D eigenvalue weighted by Gasteiger charge is 2.06. The van der Waals surface area contributed by atoms with E-state index in [4.69, 9.17) is 15.7 Å². The molecule has 2 rings (SSSR count). The number of hydrogen-bond donors (Lipinski definition) is 2. The molecule has 0 saturated carbocycles. The maximum Gasteiger partial charge on any atom is 0.170 e. The van der Waals surface area contributed by atoms with E-state index < -0.39 is 0 Å². The molecule has 4 heteroatoms. The highest BCUT2D eigenvalue weighted by molar-refractivity contribution is 5.98. The Labute approximate surface area is 118 Å². The Kier molecular flexibility index (Phi) is 4.25. The molecule has 2 aromatic rings. The Morgan fingerprint density at radius 2 is 1.80 bits per heavy atom. The van der Waals surface area contributed by atoms with Gasteiger partial charge in [-0.15, -0.1) is 0 Å². The summed E-state index contributed by atoms with van der Waals surface area (Å²) in [6.45, 7) is 4.01. The van der Waals surface area contributed by atoms with Crippen molar-refractivity contribution in [1.82, 2.24) is 0 Å². The van der Waals surface area contributed by atoms with Gasteiger partial charge < -0.3 is 15.7 Å². The molecule has 0 aliphatic heterocycles. The lowest BCUT2D eigenvalue weighted by molar-refractivity contribution is 0.318. The monoisotopic (exact) mass is 270 g/mol. The summed E-state index contributed by atoms with van der Waals surface area (Å²) in [5, 5.41) is 11.7. The van der Waals surface area contributed by atoms with Crippen molar-refractivity contribution in [2.45, 2.75) is 20.3 Å². The number of ether oxygens (including phenoxy) is 1. The zero-order valence-corrected chi connectivity index (χ0v) is 11.6. The van der Waals surface area contributed by atoms with Crippen LogP contribution in [0.15, 0.2) is 47.6 Å². The van der Waals surface area contributed by atoms with E-state index in [1.807, 2.05) is 37.3 Å². The Morgan fingerprint density at radius 1 is 1.15 bits per heavy atom. The van der Waals surface area contributed by atoms with Crippen LogP contribution < -0.4 is 10.5 Å². The van der Waals surface area contributed by atoms with Gasteiger partial charge in [0.25, 0.3) is 0 Å². The summed E-state index contributed by atoms with van der Waals surface area (Å²) in [6, 6.07) is 13.4. The van der Waals surface area contributed by atoms with Crippen LogP contribution in [0.5, 0.6) is 11.5 Å². The summed E-state index contributed by atoms with van der Waals surface area (Å²) in [5.41, 5.74) is 8.45. The van der Waals surface area contributed by atoms with E-state index in [1.165, 1.54) is 5.56 Å². The quantitative estimate of drug-likeness (QED) is 0.387. The van der Waals surface area contributed by atoms with Crippen LogP contribution >= 0.6 is 0 Å². The smallest absolute Gasteiger partial charge is 0.170 e. The molecule has 0 fully saturated rings. The number of hydrogen-bond acceptors (Lipinski definition) is 3. The molecule has 0 bridgehead atoms. The number of aryl methyl sites for hydroxylation is 2. The van der Waals surface area contributed by atoms with Gasteiger partial charge in [-0.3, -0.25) is 0 Å². The summed E-state index contributed by atoms with van der Waals surface area (Å²) in [4.78, 5) is 0. The Morgan fingerprint density at radius 3 is 2.35 bits per heavy atom. The van der Waals surface area contributed by atoms with Gasteiger partial charge in [-0.1, -0.05) is 24.2 Å². The standard InChI is InChI=1S/C16H18N2O2/c1-3-12-4-6-13(7-5-12)20-14-8-9-15(11(2)10-14)16(17)18-19/h4-10,19H,3H2,1-2H3,(H2,17,18). The van der Waals surface area contributed by atoms with Crippen LogP contribution in [0.25, 0.3) is 0 Å². The summed E-state index contributed by atoms with van der Waals surface area (Å²) in [7, 11) is 0. The molecule has 0 heterocycles. The van der Waals surface area contributed by atoms with Crippen molar-refractivity contribution >= 4 is 5.84 Å². The summed E-state index contributed by atoms with van der Waals surface area (Å²) in [5.74, 6) is 1.61. The minimum atomic E-state index is 0.0985. The number of oxime groups is 1. The number of nitrogens with two attached hydrogens (primary N) is 1. The van der Waals surface area contributed by atoms with Crippen molar-refractivity contribution in [2.75, 3.05) is 0 Å².